The minimum atomic E-state index is -0.763. The molecule has 1 aliphatic heterocycles. The number of likely N-dealkylation sites (tertiary alicyclic amines) is 1. The minimum absolute atomic E-state index is 0.111. The molecule has 0 bridgehead atoms. The number of carboxylic acid groups (broad SMARTS) is 1. The third-order valence-corrected chi connectivity index (χ3v) is 5.42. The molecule has 6 nitrogen and oxygen atoms in total. The highest BCUT2D eigenvalue weighted by molar-refractivity contribution is 6.07. The van der Waals surface area contributed by atoms with Crippen LogP contribution in [0.2, 0.25) is 0 Å². The number of fused-ring (bicyclic) bond motifs is 3. The largest absolute Gasteiger partial charge is 0.481 e. The van der Waals surface area contributed by atoms with E-state index in [0.29, 0.717) is 39.0 Å². The first-order valence-electron chi connectivity index (χ1n) is 9.36. The van der Waals surface area contributed by atoms with Crippen LogP contribution in [0, 0.1) is 5.92 Å². The molecular weight excluding hydrogens is 342 g/mol. The van der Waals surface area contributed by atoms with Crippen molar-refractivity contribution in [3.8, 4) is 0 Å². The summed E-state index contributed by atoms with van der Waals surface area (Å²) in [5.41, 5.74) is 2.32. The highest BCUT2D eigenvalue weighted by Crippen LogP contribution is 2.28. The second kappa shape index (κ2) is 7.31. The first-order valence-corrected chi connectivity index (χ1v) is 9.36. The van der Waals surface area contributed by atoms with Crippen LogP contribution < -0.4 is 5.32 Å². The second-order valence-electron chi connectivity index (χ2n) is 7.02. The second-order valence-corrected chi connectivity index (χ2v) is 7.02. The van der Waals surface area contributed by atoms with E-state index in [2.05, 4.69) is 34.1 Å². The fraction of sp³-hybridized carbons (Fsp3) is 0.333. The van der Waals surface area contributed by atoms with Crippen LogP contribution in [0.3, 0.4) is 0 Å². The van der Waals surface area contributed by atoms with Crippen LogP contribution in [0.5, 0.6) is 0 Å². The summed E-state index contributed by atoms with van der Waals surface area (Å²) < 4.78 is 2.24. The lowest BCUT2D eigenvalue weighted by Gasteiger charge is -2.30. The van der Waals surface area contributed by atoms with Gasteiger partial charge in [0.05, 0.1) is 5.92 Å². The lowest BCUT2D eigenvalue weighted by Crippen LogP contribution is -2.46. The Morgan fingerprint density at radius 2 is 1.52 bits per heavy atom. The molecule has 1 saturated heterocycles. The predicted octanol–water partition coefficient (Wildman–Crippen LogP) is 3.30. The van der Waals surface area contributed by atoms with E-state index in [-0.39, 0.29) is 11.9 Å². The molecule has 2 aromatic carbocycles. The van der Waals surface area contributed by atoms with Crippen molar-refractivity contribution in [1.82, 2.24) is 14.8 Å². The summed E-state index contributed by atoms with van der Waals surface area (Å²) >= 11 is 0. The van der Waals surface area contributed by atoms with Crippen LogP contribution in [0.1, 0.15) is 12.8 Å². The van der Waals surface area contributed by atoms with Crippen molar-refractivity contribution in [3.05, 3.63) is 48.5 Å². The van der Waals surface area contributed by atoms with Crippen LogP contribution in [-0.4, -0.2) is 46.2 Å². The normalized spacial score (nSPS) is 15.3. The van der Waals surface area contributed by atoms with Gasteiger partial charge in [-0.05, 0) is 25.0 Å². The van der Waals surface area contributed by atoms with E-state index in [1.807, 2.05) is 24.3 Å². The van der Waals surface area contributed by atoms with E-state index in [0.717, 1.165) is 11.0 Å². The van der Waals surface area contributed by atoms with Crippen molar-refractivity contribution in [1.29, 1.82) is 0 Å². The van der Waals surface area contributed by atoms with Gasteiger partial charge < -0.3 is 19.9 Å². The number of piperidine rings is 1. The van der Waals surface area contributed by atoms with Crippen molar-refractivity contribution in [2.24, 2.45) is 5.92 Å². The summed E-state index contributed by atoms with van der Waals surface area (Å²) in [5.74, 6) is -1.09. The number of carboxylic acids is 1. The van der Waals surface area contributed by atoms with Gasteiger partial charge in [0.2, 0.25) is 0 Å². The molecule has 140 valence electrons. The van der Waals surface area contributed by atoms with Gasteiger partial charge in [0, 0.05) is 48.0 Å². The van der Waals surface area contributed by atoms with E-state index in [4.69, 9.17) is 5.11 Å². The zero-order chi connectivity index (χ0) is 18.8. The molecule has 4 rings (SSSR count). The number of hydrogen-bond donors (Lipinski definition) is 2. The lowest BCUT2D eigenvalue weighted by molar-refractivity contribution is -0.143. The first kappa shape index (κ1) is 17.4. The van der Waals surface area contributed by atoms with Gasteiger partial charge in [-0.3, -0.25) is 4.79 Å². The maximum atomic E-state index is 12.4. The van der Waals surface area contributed by atoms with Crippen molar-refractivity contribution in [2.75, 3.05) is 19.6 Å². The number of para-hydroxylation sites is 2. The van der Waals surface area contributed by atoms with Gasteiger partial charge in [-0.25, -0.2) is 4.79 Å². The number of carbonyl (C=O) groups is 2. The zero-order valence-corrected chi connectivity index (χ0v) is 15.1. The van der Waals surface area contributed by atoms with E-state index in [1.54, 1.807) is 4.90 Å². The molecule has 0 radical (unpaired) electrons. The molecule has 2 heterocycles. The number of rotatable bonds is 4. The number of amides is 2. The number of benzene rings is 2. The number of hydrogen-bond acceptors (Lipinski definition) is 2. The van der Waals surface area contributed by atoms with Crippen LogP contribution in [0.15, 0.2) is 48.5 Å². The lowest BCUT2D eigenvalue weighted by atomic mass is 9.97. The minimum Gasteiger partial charge on any atom is -0.481 e. The predicted molar refractivity (Wildman–Crippen MR) is 105 cm³/mol. The molecule has 3 aromatic rings. The van der Waals surface area contributed by atoms with E-state index in [1.165, 1.54) is 10.8 Å². The Balaban J connectivity index is 1.42. The first-order chi connectivity index (χ1) is 13.1. The molecule has 1 aromatic heterocycles. The molecule has 0 saturated carbocycles. The van der Waals surface area contributed by atoms with Crippen molar-refractivity contribution in [2.45, 2.75) is 19.4 Å². The van der Waals surface area contributed by atoms with Crippen molar-refractivity contribution < 1.29 is 14.7 Å². The molecule has 27 heavy (non-hydrogen) atoms. The molecular formula is C21H23N3O3. The molecule has 0 aliphatic carbocycles. The molecule has 1 aliphatic rings. The number of nitrogens with zero attached hydrogens (tertiary/aromatic N) is 2. The summed E-state index contributed by atoms with van der Waals surface area (Å²) in [7, 11) is 0. The van der Waals surface area contributed by atoms with E-state index >= 15 is 0 Å². The van der Waals surface area contributed by atoms with Gasteiger partial charge in [0.1, 0.15) is 0 Å². The summed E-state index contributed by atoms with van der Waals surface area (Å²) in [6.45, 7) is 2.21. The highest BCUT2D eigenvalue weighted by atomic mass is 16.4. The quantitative estimate of drug-likeness (QED) is 0.745. The van der Waals surface area contributed by atoms with Gasteiger partial charge >= 0.3 is 12.0 Å². The van der Waals surface area contributed by atoms with Crippen molar-refractivity contribution >= 4 is 33.8 Å². The SMILES string of the molecule is O=C(O)C1CCN(C(=O)NCCn2c3ccccc3c3ccccc32)CC1. The van der Waals surface area contributed by atoms with Crippen molar-refractivity contribution in [3.63, 3.8) is 0 Å². The standard InChI is InChI=1S/C21H23N3O3/c25-20(26)15-9-12-23(13-10-15)21(27)22-11-14-24-18-7-3-1-5-16(18)17-6-2-4-8-19(17)24/h1-8,15H,9-14H2,(H,22,27)(H,25,26). The fourth-order valence-corrected chi connectivity index (χ4v) is 3.96. The van der Waals surface area contributed by atoms with Gasteiger partial charge in [-0.1, -0.05) is 36.4 Å². The topological polar surface area (TPSA) is 74.6 Å². The maximum absolute atomic E-state index is 12.4. The number of nitrogens with one attached hydrogen (secondary N) is 1. The third-order valence-electron chi connectivity index (χ3n) is 5.42. The highest BCUT2D eigenvalue weighted by Gasteiger charge is 2.26. The molecule has 2 N–H and O–H groups in total. The Hall–Kier alpha value is -3.02. The number of carbonyl (C=O) groups excluding carboxylic acids is 1. The van der Waals surface area contributed by atoms with Crippen LogP contribution in [0.4, 0.5) is 4.79 Å². The van der Waals surface area contributed by atoms with E-state index in [9.17, 15) is 9.59 Å². The molecule has 0 unspecified atom stereocenters. The van der Waals surface area contributed by atoms with Gasteiger partial charge in [-0.15, -0.1) is 0 Å². The Kier molecular flexibility index (Phi) is 4.71. The van der Waals surface area contributed by atoms with Gasteiger partial charge in [0.25, 0.3) is 0 Å². The summed E-state index contributed by atoms with van der Waals surface area (Å²) in [6, 6.07) is 16.5. The number of urea groups is 1. The Morgan fingerprint density at radius 1 is 0.963 bits per heavy atom. The molecule has 2 amide bonds. The average Bonchev–Trinajstić information content (AvgIpc) is 3.02. The maximum Gasteiger partial charge on any atom is 0.317 e. The Labute approximate surface area is 157 Å². The van der Waals surface area contributed by atoms with Gasteiger partial charge in [-0.2, -0.15) is 0 Å². The smallest absolute Gasteiger partial charge is 0.317 e. The van der Waals surface area contributed by atoms with Gasteiger partial charge in [0.15, 0.2) is 0 Å². The summed E-state index contributed by atoms with van der Waals surface area (Å²) in [6.07, 6.45) is 1.05. The Morgan fingerprint density at radius 3 is 2.07 bits per heavy atom. The summed E-state index contributed by atoms with van der Waals surface area (Å²) in [4.78, 5) is 25.1. The monoisotopic (exact) mass is 365 g/mol. The molecule has 0 spiro atoms. The van der Waals surface area contributed by atoms with Crippen LogP contribution in [0.25, 0.3) is 21.8 Å². The molecule has 1 fully saturated rings. The molecule has 0 atom stereocenters. The number of aliphatic carboxylic acids is 1. The Bertz CT molecular complexity index is 933. The van der Waals surface area contributed by atoms with Crippen LogP contribution >= 0.6 is 0 Å². The van der Waals surface area contributed by atoms with E-state index < -0.39 is 5.97 Å². The zero-order valence-electron chi connectivity index (χ0n) is 15.1. The van der Waals surface area contributed by atoms with Crippen LogP contribution in [-0.2, 0) is 11.3 Å². The average molecular weight is 365 g/mol. The summed E-state index contributed by atoms with van der Waals surface area (Å²) in [5, 5.41) is 14.5. The molecule has 6 heteroatoms. The fourth-order valence-electron chi connectivity index (χ4n) is 3.96. The number of aromatic nitrogens is 1. The third kappa shape index (κ3) is 3.35.